The number of nitrogens with one attached hydrogen (secondary N) is 2. The molecule has 2 aliphatic heterocycles. The summed E-state index contributed by atoms with van der Waals surface area (Å²) in [5.41, 5.74) is 6.61. The van der Waals surface area contributed by atoms with Crippen LogP contribution in [0.3, 0.4) is 0 Å². The Labute approximate surface area is 254 Å². The van der Waals surface area contributed by atoms with E-state index in [1.165, 1.54) is 17.5 Å². The maximum Gasteiger partial charge on any atom is 0.282 e. The highest BCUT2D eigenvalue weighted by Gasteiger charge is 2.45. The molecular formula is C36H55N4O2+. The summed E-state index contributed by atoms with van der Waals surface area (Å²) in [6.07, 6.45) is 11.0. The smallest absolute Gasteiger partial charge is 0.282 e. The molecule has 42 heavy (non-hydrogen) atoms. The number of amides is 2. The van der Waals surface area contributed by atoms with Crippen molar-refractivity contribution in [3.8, 4) is 0 Å². The van der Waals surface area contributed by atoms with Gasteiger partial charge in [0.2, 0.25) is 5.91 Å². The number of hydrogen-bond donors (Lipinski definition) is 2. The highest BCUT2D eigenvalue weighted by atomic mass is 16.2. The molecule has 0 saturated carbocycles. The standard InChI is InChI=1S/C36H54N4O2/c1-6-7-22-40(24-13-15-33(40)36(42)38-34-29(4)25-28(3)26-30(34)5)23-12-8-10-20-39-21-11-9-14-32(39)35(41)37-31-18-16-27(2)17-19-31/h16-19,25-26,32-33H,6-15,20-24H2,1-5H3,(H-,37,38,41,42)/p+1. The van der Waals surface area contributed by atoms with Crippen LogP contribution in [-0.4, -0.2) is 66.0 Å². The van der Waals surface area contributed by atoms with Gasteiger partial charge in [-0.1, -0.05) is 55.2 Å². The van der Waals surface area contributed by atoms with Gasteiger partial charge in [-0.3, -0.25) is 14.5 Å². The maximum atomic E-state index is 13.8. The molecule has 2 aromatic rings. The van der Waals surface area contributed by atoms with Gasteiger partial charge in [0.1, 0.15) is 0 Å². The van der Waals surface area contributed by atoms with Crippen LogP contribution in [-0.2, 0) is 9.59 Å². The second-order valence-corrected chi connectivity index (χ2v) is 13.1. The number of piperidine rings is 1. The highest BCUT2D eigenvalue weighted by molar-refractivity contribution is 5.96. The van der Waals surface area contributed by atoms with E-state index in [1.807, 2.05) is 24.3 Å². The minimum absolute atomic E-state index is 0.0357. The monoisotopic (exact) mass is 575 g/mol. The average molecular weight is 576 g/mol. The average Bonchev–Trinajstić information content (AvgIpc) is 3.39. The van der Waals surface area contributed by atoms with E-state index in [1.54, 1.807) is 0 Å². The summed E-state index contributed by atoms with van der Waals surface area (Å²) in [6.45, 7) is 15.9. The molecule has 0 radical (unpaired) electrons. The fourth-order valence-electron chi connectivity index (χ4n) is 7.45. The lowest BCUT2D eigenvalue weighted by atomic mass is 10.0. The predicted octanol–water partition coefficient (Wildman–Crippen LogP) is 7.30. The zero-order valence-corrected chi connectivity index (χ0v) is 26.9. The Balaban J connectivity index is 1.32. The largest absolute Gasteiger partial charge is 0.325 e. The summed E-state index contributed by atoms with van der Waals surface area (Å²) in [5.74, 6) is 0.335. The van der Waals surface area contributed by atoms with Gasteiger partial charge < -0.3 is 15.1 Å². The van der Waals surface area contributed by atoms with Gasteiger partial charge in [-0.2, -0.15) is 0 Å². The summed E-state index contributed by atoms with van der Waals surface area (Å²) in [7, 11) is 0. The number of quaternary nitrogens is 1. The number of likely N-dealkylation sites (tertiary alicyclic amines) is 2. The third-order valence-corrected chi connectivity index (χ3v) is 9.71. The quantitative estimate of drug-likeness (QED) is 0.195. The van der Waals surface area contributed by atoms with E-state index in [9.17, 15) is 9.59 Å². The van der Waals surface area contributed by atoms with Crippen LogP contribution in [0.25, 0.3) is 0 Å². The molecule has 2 saturated heterocycles. The molecule has 0 aliphatic carbocycles. The summed E-state index contributed by atoms with van der Waals surface area (Å²) in [6, 6.07) is 12.4. The lowest BCUT2D eigenvalue weighted by Crippen LogP contribution is -2.57. The number of rotatable bonds is 13. The van der Waals surface area contributed by atoms with Crippen molar-refractivity contribution in [2.24, 2.45) is 0 Å². The van der Waals surface area contributed by atoms with Crippen molar-refractivity contribution in [2.45, 2.75) is 111 Å². The van der Waals surface area contributed by atoms with Crippen molar-refractivity contribution in [3.63, 3.8) is 0 Å². The van der Waals surface area contributed by atoms with E-state index in [-0.39, 0.29) is 23.9 Å². The Morgan fingerprint density at radius 2 is 1.52 bits per heavy atom. The van der Waals surface area contributed by atoms with E-state index in [4.69, 9.17) is 0 Å². The van der Waals surface area contributed by atoms with Gasteiger partial charge in [-0.25, -0.2) is 0 Å². The first kappa shape index (κ1) is 32.2. The molecule has 230 valence electrons. The normalized spacial score (nSPS) is 22.7. The molecule has 0 bridgehead atoms. The van der Waals surface area contributed by atoms with Crippen molar-refractivity contribution in [1.29, 1.82) is 0 Å². The van der Waals surface area contributed by atoms with Crippen molar-refractivity contribution < 1.29 is 14.1 Å². The van der Waals surface area contributed by atoms with E-state index >= 15 is 0 Å². The van der Waals surface area contributed by atoms with E-state index in [0.717, 1.165) is 117 Å². The van der Waals surface area contributed by atoms with Gasteiger partial charge >= 0.3 is 0 Å². The van der Waals surface area contributed by atoms with Gasteiger partial charge in [0.05, 0.1) is 25.7 Å². The fraction of sp³-hybridized carbons (Fsp3) is 0.611. The SMILES string of the molecule is CCCC[N+]1(CCCCCN2CCCCC2C(=O)Nc2ccc(C)cc2)CCCC1C(=O)Nc1c(C)cc(C)cc1C. The van der Waals surface area contributed by atoms with Crippen LogP contribution in [0.2, 0.25) is 0 Å². The van der Waals surface area contributed by atoms with Crippen LogP contribution in [0.5, 0.6) is 0 Å². The maximum absolute atomic E-state index is 13.8. The minimum Gasteiger partial charge on any atom is -0.325 e. The number of carbonyl (C=O) groups is 2. The van der Waals surface area contributed by atoms with Crippen molar-refractivity contribution in [1.82, 2.24) is 4.90 Å². The van der Waals surface area contributed by atoms with E-state index in [0.29, 0.717) is 0 Å². The number of aryl methyl sites for hydroxylation is 4. The van der Waals surface area contributed by atoms with E-state index < -0.39 is 0 Å². The second kappa shape index (κ2) is 15.2. The Hall–Kier alpha value is -2.70. The second-order valence-electron chi connectivity index (χ2n) is 13.1. The first-order valence-corrected chi connectivity index (χ1v) is 16.6. The van der Waals surface area contributed by atoms with Crippen molar-refractivity contribution in [2.75, 3.05) is 43.4 Å². The molecule has 2 N–H and O–H groups in total. The van der Waals surface area contributed by atoms with Gasteiger partial charge in [-0.05, 0) is 103 Å². The molecule has 4 rings (SSSR count). The van der Waals surface area contributed by atoms with Crippen LogP contribution in [0, 0.1) is 27.7 Å². The number of carbonyl (C=O) groups excluding carboxylic acids is 2. The zero-order valence-electron chi connectivity index (χ0n) is 26.9. The van der Waals surface area contributed by atoms with Crippen LogP contribution >= 0.6 is 0 Å². The summed E-state index contributed by atoms with van der Waals surface area (Å²) in [5, 5.41) is 6.51. The van der Waals surface area contributed by atoms with Gasteiger partial charge in [0, 0.05) is 24.2 Å². The van der Waals surface area contributed by atoms with Gasteiger partial charge in [-0.15, -0.1) is 0 Å². The van der Waals surface area contributed by atoms with Crippen molar-refractivity contribution in [3.05, 3.63) is 58.7 Å². The third-order valence-electron chi connectivity index (χ3n) is 9.71. The number of anilines is 2. The summed E-state index contributed by atoms with van der Waals surface area (Å²) < 4.78 is 0.939. The molecule has 2 amide bonds. The van der Waals surface area contributed by atoms with Crippen molar-refractivity contribution >= 4 is 23.2 Å². The number of hydrogen-bond acceptors (Lipinski definition) is 3. The molecule has 6 heteroatoms. The molecule has 6 nitrogen and oxygen atoms in total. The molecular weight excluding hydrogens is 520 g/mol. The Kier molecular flexibility index (Phi) is 11.6. The molecule has 3 atom stereocenters. The predicted molar refractivity (Wildman–Crippen MR) is 175 cm³/mol. The van der Waals surface area contributed by atoms with E-state index in [2.05, 4.69) is 62.3 Å². The summed E-state index contributed by atoms with van der Waals surface area (Å²) >= 11 is 0. The zero-order chi connectivity index (χ0) is 30.1. The molecule has 2 aromatic carbocycles. The lowest BCUT2D eigenvalue weighted by Gasteiger charge is -2.40. The first-order chi connectivity index (χ1) is 20.2. The highest BCUT2D eigenvalue weighted by Crippen LogP contribution is 2.32. The molecule has 2 aliphatic rings. The number of nitrogens with zero attached hydrogens (tertiary/aromatic N) is 2. The fourth-order valence-corrected chi connectivity index (χ4v) is 7.45. The Morgan fingerprint density at radius 1 is 0.810 bits per heavy atom. The third kappa shape index (κ3) is 8.23. The summed E-state index contributed by atoms with van der Waals surface area (Å²) in [4.78, 5) is 29.3. The Morgan fingerprint density at radius 3 is 2.24 bits per heavy atom. The first-order valence-electron chi connectivity index (χ1n) is 16.6. The van der Waals surface area contributed by atoms with Gasteiger partial charge in [0.15, 0.2) is 6.04 Å². The topological polar surface area (TPSA) is 61.4 Å². The van der Waals surface area contributed by atoms with Crippen LogP contribution < -0.4 is 10.6 Å². The minimum atomic E-state index is -0.0386. The van der Waals surface area contributed by atoms with Crippen LogP contribution in [0.15, 0.2) is 36.4 Å². The Bertz CT molecular complexity index is 1170. The molecule has 2 fully saturated rings. The molecule has 0 aromatic heterocycles. The van der Waals surface area contributed by atoms with Crippen LogP contribution in [0.1, 0.15) is 93.4 Å². The lowest BCUT2D eigenvalue weighted by molar-refractivity contribution is -0.931. The molecule has 3 unspecified atom stereocenters. The molecule has 2 heterocycles. The van der Waals surface area contributed by atoms with Crippen LogP contribution in [0.4, 0.5) is 11.4 Å². The molecule has 0 spiro atoms. The number of benzene rings is 2. The van der Waals surface area contributed by atoms with Gasteiger partial charge in [0.25, 0.3) is 5.91 Å². The number of unbranched alkanes of at least 4 members (excludes halogenated alkanes) is 3.